The maximum atomic E-state index is 13.0. The zero-order valence-corrected chi connectivity index (χ0v) is 27.7. The average Bonchev–Trinajstić information content (AvgIpc) is 3.44. The van der Waals surface area contributed by atoms with Gasteiger partial charge in [-0.3, -0.25) is 4.79 Å². The van der Waals surface area contributed by atoms with Gasteiger partial charge in [-0.2, -0.15) is 0 Å². The predicted octanol–water partition coefficient (Wildman–Crippen LogP) is 7.56. The second-order valence-electron chi connectivity index (χ2n) is 11.3. The lowest BCUT2D eigenvalue weighted by Crippen LogP contribution is -2.24. The number of nitrogens with zero attached hydrogens (tertiary/aromatic N) is 2. The highest BCUT2D eigenvalue weighted by Gasteiger charge is 2.18. The van der Waals surface area contributed by atoms with Crippen LogP contribution in [0.4, 0.5) is 0 Å². The molecule has 0 aliphatic heterocycles. The van der Waals surface area contributed by atoms with Crippen LogP contribution in [0.1, 0.15) is 42.3 Å². The number of carbonyl (C=O) groups excluding carboxylic acids is 1. The summed E-state index contributed by atoms with van der Waals surface area (Å²) in [4.78, 5) is 17.9. The Kier molecular flexibility index (Phi) is 10.7. The largest absolute Gasteiger partial charge is 0.497 e. The van der Waals surface area contributed by atoms with E-state index in [2.05, 4.69) is 28.8 Å². The van der Waals surface area contributed by atoms with Crippen LogP contribution >= 0.6 is 11.6 Å². The molecule has 2 heterocycles. The lowest BCUT2D eigenvalue weighted by molar-refractivity contribution is -0.121. The van der Waals surface area contributed by atoms with Gasteiger partial charge in [-0.05, 0) is 77.9 Å². The molecule has 8 nitrogen and oxygen atoms in total. The first-order valence-corrected chi connectivity index (χ1v) is 15.6. The molecular weight excluding hydrogens is 602 g/mol. The topological polar surface area (TPSA) is 83.3 Å². The van der Waals surface area contributed by atoms with Gasteiger partial charge < -0.3 is 28.7 Å². The van der Waals surface area contributed by atoms with Crippen LogP contribution in [0.5, 0.6) is 23.0 Å². The van der Waals surface area contributed by atoms with Crippen molar-refractivity contribution < 1.29 is 23.7 Å². The molecule has 0 aliphatic carbocycles. The Hall–Kier alpha value is -4.69. The minimum Gasteiger partial charge on any atom is -0.497 e. The van der Waals surface area contributed by atoms with E-state index in [1.165, 1.54) is 0 Å². The monoisotopic (exact) mass is 641 g/mol. The van der Waals surface area contributed by atoms with Crippen LogP contribution in [-0.2, 0) is 24.2 Å². The number of ether oxygens (including phenoxy) is 4. The molecule has 1 amide bonds. The first-order valence-electron chi connectivity index (χ1n) is 15.3. The fraction of sp³-hybridized carbons (Fsp3) is 0.297. The van der Waals surface area contributed by atoms with E-state index in [1.807, 2.05) is 66.9 Å². The van der Waals surface area contributed by atoms with Gasteiger partial charge in [0.25, 0.3) is 0 Å². The van der Waals surface area contributed by atoms with Crippen molar-refractivity contribution in [2.75, 3.05) is 28.4 Å². The van der Waals surface area contributed by atoms with Crippen molar-refractivity contribution in [3.63, 3.8) is 0 Å². The van der Waals surface area contributed by atoms with Gasteiger partial charge in [0.2, 0.25) is 5.91 Å². The number of imidazole rings is 1. The molecule has 5 aromatic rings. The molecule has 3 aromatic carbocycles. The van der Waals surface area contributed by atoms with Crippen LogP contribution in [-0.4, -0.2) is 43.7 Å². The Morgan fingerprint density at radius 2 is 1.61 bits per heavy atom. The molecule has 0 fully saturated rings. The average molecular weight is 642 g/mol. The van der Waals surface area contributed by atoms with E-state index < -0.39 is 0 Å². The molecule has 0 aliphatic rings. The number of hydrogen-bond acceptors (Lipinski definition) is 6. The fourth-order valence-corrected chi connectivity index (χ4v) is 6.01. The van der Waals surface area contributed by atoms with Gasteiger partial charge in [-0.15, -0.1) is 0 Å². The van der Waals surface area contributed by atoms with Crippen LogP contribution in [0.3, 0.4) is 0 Å². The number of carbonyl (C=O) groups is 1. The van der Waals surface area contributed by atoms with Crippen molar-refractivity contribution in [3.05, 3.63) is 107 Å². The van der Waals surface area contributed by atoms with E-state index >= 15 is 0 Å². The lowest BCUT2D eigenvalue weighted by Gasteiger charge is -2.16. The Morgan fingerprint density at radius 1 is 0.870 bits per heavy atom. The summed E-state index contributed by atoms with van der Waals surface area (Å²) < 4.78 is 23.9. The Bertz CT molecular complexity index is 1800. The van der Waals surface area contributed by atoms with Gasteiger partial charge in [-0.25, -0.2) is 4.98 Å². The van der Waals surface area contributed by atoms with Crippen LogP contribution in [0, 0.1) is 5.92 Å². The van der Waals surface area contributed by atoms with Crippen molar-refractivity contribution in [1.82, 2.24) is 14.7 Å². The van der Waals surface area contributed by atoms with Crippen LogP contribution in [0.15, 0.2) is 79.0 Å². The summed E-state index contributed by atoms with van der Waals surface area (Å²) in [5.74, 6) is 2.94. The van der Waals surface area contributed by atoms with Crippen molar-refractivity contribution in [3.8, 4) is 34.1 Å². The number of nitrogens with one attached hydrogen (secondary N) is 1. The summed E-state index contributed by atoms with van der Waals surface area (Å²) in [5, 5.41) is 3.65. The standard InChI is InChI=1S/C37H40ClN3O5/c1-24(20-27-13-17-33(45-4)37(46-5)36(27)38)9-18-35(42)39-23-30-31(41-19-7-6-8-34(41)40-30)22-28-21-26(12-16-32(28)44-3)25-10-14-29(43-2)15-11-25/h6-8,10-17,19,21,24H,9,18,20,22-23H2,1-5H3,(H,39,42). The molecule has 1 unspecified atom stereocenters. The summed E-state index contributed by atoms with van der Waals surface area (Å²) in [6.07, 6.45) is 4.41. The number of fused-ring (bicyclic) bond motifs is 1. The normalized spacial score (nSPS) is 11.7. The van der Waals surface area contributed by atoms with Gasteiger partial charge >= 0.3 is 0 Å². The zero-order chi connectivity index (χ0) is 32.6. The summed E-state index contributed by atoms with van der Waals surface area (Å²) in [6.45, 7) is 2.44. The maximum Gasteiger partial charge on any atom is 0.220 e. The molecule has 0 saturated heterocycles. The third-order valence-electron chi connectivity index (χ3n) is 8.22. The number of rotatable bonds is 14. The number of methoxy groups -OCH3 is 4. The molecule has 1 N–H and O–H groups in total. The molecule has 240 valence electrons. The highest BCUT2D eigenvalue weighted by Crippen LogP contribution is 2.38. The number of aromatic nitrogens is 2. The summed E-state index contributed by atoms with van der Waals surface area (Å²) in [5.41, 5.74) is 6.79. The third-order valence-corrected chi connectivity index (χ3v) is 8.64. The van der Waals surface area contributed by atoms with E-state index in [1.54, 1.807) is 28.4 Å². The van der Waals surface area contributed by atoms with Gasteiger partial charge in [-0.1, -0.05) is 48.9 Å². The van der Waals surface area contributed by atoms with Crippen LogP contribution in [0.2, 0.25) is 5.02 Å². The SMILES string of the molecule is COc1ccc(-c2ccc(OC)c(Cc3c(CNC(=O)CCC(C)Cc4ccc(OC)c(OC)c4Cl)nc4ccccn34)c2)cc1. The van der Waals surface area contributed by atoms with Crippen molar-refractivity contribution >= 4 is 23.2 Å². The highest BCUT2D eigenvalue weighted by molar-refractivity contribution is 6.33. The molecule has 0 saturated carbocycles. The molecule has 46 heavy (non-hydrogen) atoms. The van der Waals surface area contributed by atoms with Crippen LogP contribution in [0.25, 0.3) is 16.8 Å². The quantitative estimate of drug-likeness (QED) is 0.135. The molecule has 0 spiro atoms. The maximum absolute atomic E-state index is 13.0. The predicted molar refractivity (Wildman–Crippen MR) is 181 cm³/mol. The summed E-state index contributed by atoms with van der Waals surface area (Å²) in [7, 11) is 6.51. The molecule has 0 radical (unpaired) electrons. The molecular formula is C37H40ClN3O5. The van der Waals surface area contributed by atoms with E-state index in [-0.39, 0.29) is 11.8 Å². The van der Waals surface area contributed by atoms with Gasteiger partial charge in [0, 0.05) is 24.6 Å². The Morgan fingerprint density at radius 3 is 2.33 bits per heavy atom. The number of benzene rings is 3. The lowest BCUT2D eigenvalue weighted by atomic mass is 9.96. The van der Waals surface area contributed by atoms with Crippen LogP contribution < -0.4 is 24.3 Å². The number of amides is 1. The first kappa shape index (κ1) is 32.7. The second-order valence-corrected chi connectivity index (χ2v) is 11.6. The van der Waals surface area contributed by atoms with Crippen molar-refractivity contribution in [2.45, 2.75) is 39.2 Å². The Labute approximate surface area is 275 Å². The van der Waals surface area contributed by atoms with Crippen molar-refractivity contribution in [2.24, 2.45) is 5.92 Å². The third kappa shape index (κ3) is 7.40. The number of hydrogen-bond donors (Lipinski definition) is 1. The number of halogens is 1. The minimum atomic E-state index is -0.0210. The van der Waals surface area contributed by atoms with Gasteiger partial charge in [0.1, 0.15) is 17.1 Å². The van der Waals surface area contributed by atoms with E-state index in [9.17, 15) is 4.79 Å². The van der Waals surface area contributed by atoms with Gasteiger partial charge in [0.05, 0.1) is 51.4 Å². The zero-order valence-electron chi connectivity index (χ0n) is 26.9. The van der Waals surface area contributed by atoms with Crippen molar-refractivity contribution in [1.29, 1.82) is 0 Å². The van der Waals surface area contributed by atoms with E-state index in [4.69, 9.17) is 35.5 Å². The summed E-state index contributed by atoms with van der Waals surface area (Å²) in [6, 6.07) is 23.9. The smallest absolute Gasteiger partial charge is 0.220 e. The summed E-state index contributed by atoms with van der Waals surface area (Å²) >= 11 is 6.59. The van der Waals surface area contributed by atoms with E-state index in [0.29, 0.717) is 42.3 Å². The van der Waals surface area contributed by atoms with Gasteiger partial charge in [0.15, 0.2) is 11.5 Å². The second kappa shape index (κ2) is 15.1. The molecule has 9 heteroatoms. The molecule has 2 aromatic heterocycles. The molecule has 5 rings (SSSR count). The fourth-order valence-electron chi connectivity index (χ4n) is 5.70. The molecule has 0 bridgehead atoms. The minimum absolute atomic E-state index is 0.0210. The molecule has 1 atom stereocenters. The Balaban J connectivity index is 1.28. The highest BCUT2D eigenvalue weighted by atomic mass is 35.5. The number of pyridine rings is 1. The van der Waals surface area contributed by atoms with E-state index in [0.717, 1.165) is 57.2 Å². The first-order chi connectivity index (χ1) is 22.3.